The highest BCUT2D eigenvalue weighted by molar-refractivity contribution is 6.61. The average molecular weight is 244 g/mol. The van der Waals surface area contributed by atoms with Crippen LogP contribution in [0.3, 0.4) is 0 Å². The van der Waals surface area contributed by atoms with E-state index in [0.29, 0.717) is 5.02 Å². The van der Waals surface area contributed by atoms with Crippen molar-refractivity contribution in [3.8, 4) is 0 Å². The highest BCUT2D eigenvalue weighted by Crippen LogP contribution is 2.11. The monoisotopic (exact) mass is 244 g/mol. The fourth-order valence-corrected chi connectivity index (χ4v) is 1.36. The zero-order chi connectivity index (χ0) is 12.1. The molecule has 16 heavy (non-hydrogen) atoms. The lowest BCUT2D eigenvalue weighted by atomic mass is 9.77. The Bertz CT molecular complexity index is 384. The molecule has 0 aliphatic rings. The molecule has 0 spiro atoms. The summed E-state index contributed by atoms with van der Waals surface area (Å²) < 4.78 is 4.77. The Balaban J connectivity index is 3.12. The number of hydrogen-bond acceptors (Lipinski definition) is 5. The summed E-state index contributed by atoms with van der Waals surface area (Å²) in [6, 6.07) is 4.16. The molecular formula is C9H10BClO5. The van der Waals surface area contributed by atoms with Gasteiger partial charge in [-0.1, -0.05) is 17.7 Å². The standard InChI is InChI=1S/C9H10BClO5/c1-2-15-9(12)7-5-6(11)3-4-8(7)10(13)16-14/h3-5,13-14H,2H2,1H3. The molecule has 0 aromatic heterocycles. The van der Waals surface area contributed by atoms with Gasteiger partial charge >= 0.3 is 13.1 Å². The maximum atomic E-state index is 11.5. The molecule has 1 aromatic carbocycles. The highest BCUT2D eigenvalue weighted by Gasteiger charge is 2.24. The molecule has 0 fully saturated rings. The second-order valence-electron chi connectivity index (χ2n) is 2.91. The fraction of sp³-hybridized carbons (Fsp3) is 0.222. The lowest BCUT2D eigenvalue weighted by molar-refractivity contribution is -0.154. The first-order valence-electron chi connectivity index (χ1n) is 4.55. The Morgan fingerprint density at radius 3 is 2.81 bits per heavy atom. The Labute approximate surface area is 97.6 Å². The lowest BCUT2D eigenvalue weighted by Crippen LogP contribution is -2.37. The van der Waals surface area contributed by atoms with E-state index in [1.54, 1.807) is 6.92 Å². The zero-order valence-corrected chi connectivity index (χ0v) is 9.27. The van der Waals surface area contributed by atoms with E-state index < -0.39 is 13.1 Å². The van der Waals surface area contributed by atoms with Crippen molar-refractivity contribution in [2.75, 3.05) is 6.61 Å². The summed E-state index contributed by atoms with van der Waals surface area (Å²) in [5, 5.41) is 18.0. The molecule has 0 heterocycles. The number of ether oxygens (including phenoxy) is 1. The molecule has 0 saturated heterocycles. The third-order valence-electron chi connectivity index (χ3n) is 1.88. The van der Waals surface area contributed by atoms with Crippen LogP contribution in [-0.4, -0.2) is 30.0 Å². The van der Waals surface area contributed by atoms with Crippen LogP contribution in [0.15, 0.2) is 18.2 Å². The van der Waals surface area contributed by atoms with Crippen LogP contribution in [0.1, 0.15) is 17.3 Å². The summed E-state index contributed by atoms with van der Waals surface area (Å²) in [7, 11) is -1.61. The number of esters is 1. The quantitative estimate of drug-likeness (QED) is 0.353. The van der Waals surface area contributed by atoms with Crippen LogP contribution in [0, 0.1) is 0 Å². The van der Waals surface area contributed by atoms with Crippen LogP contribution in [0.4, 0.5) is 0 Å². The number of carbonyl (C=O) groups excluding carboxylic acids is 1. The van der Waals surface area contributed by atoms with E-state index in [2.05, 4.69) is 4.81 Å². The molecule has 0 radical (unpaired) electrons. The van der Waals surface area contributed by atoms with Crippen molar-refractivity contribution in [2.24, 2.45) is 0 Å². The first-order valence-corrected chi connectivity index (χ1v) is 4.92. The molecule has 5 nitrogen and oxygen atoms in total. The van der Waals surface area contributed by atoms with Crippen LogP contribution in [0.25, 0.3) is 0 Å². The van der Waals surface area contributed by atoms with Gasteiger partial charge in [0.05, 0.1) is 12.2 Å². The number of hydrogen-bond donors (Lipinski definition) is 2. The van der Waals surface area contributed by atoms with Gasteiger partial charge in [-0.3, -0.25) is 10.1 Å². The van der Waals surface area contributed by atoms with E-state index in [1.807, 2.05) is 0 Å². The maximum Gasteiger partial charge on any atom is 0.523 e. The molecule has 1 rings (SSSR count). The third-order valence-corrected chi connectivity index (χ3v) is 2.11. The van der Waals surface area contributed by atoms with Gasteiger partial charge in [0, 0.05) is 5.02 Å². The molecule has 0 saturated carbocycles. The number of carbonyl (C=O) groups is 1. The van der Waals surface area contributed by atoms with E-state index in [9.17, 15) is 9.82 Å². The summed E-state index contributed by atoms with van der Waals surface area (Å²) >= 11 is 5.72. The molecule has 0 bridgehead atoms. The van der Waals surface area contributed by atoms with Gasteiger partial charge in [-0.2, -0.15) is 0 Å². The van der Waals surface area contributed by atoms with E-state index in [4.69, 9.17) is 21.6 Å². The molecule has 0 amide bonds. The highest BCUT2D eigenvalue weighted by atomic mass is 35.5. The van der Waals surface area contributed by atoms with Gasteiger partial charge in [0.1, 0.15) is 0 Å². The van der Waals surface area contributed by atoms with E-state index in [-0.39, 0.29) is 17.6 Å². The van der Waals surface area contributed by atoms with E-state index >= 15 is 0 Å². The summed E-state index contributed by atoms with van der Waals surface area (Å²) in [6.45, 7) is 1.85. The Morgan fingerprint density at radius 1 is 1.56 bits per heavy atom. The van der Waals surface area contributed by atoms with Crippen molar-refractivity contribution in [1.29, 1.82) is 0 Å². The fourth-order valence-electron chi connectivity index (χ4n) is 1.19. The molecule has 86 valence electrons. The zero-order valence-electron chi connectivity index (χ0n) is 8.51. The van der Waals surface area contributed by atoms with Crippen LogP contribution in [-0.2, 0) is 9.54 Å². The molecule has 0 aliphatic heterocycles. The minimum atomic E-state index is -1.61. The third kappa shape index (κ3) is 2.96. The lowest BCUT2D eigenvalue weighted by Gasteiger charge is -2.09. The average Bonchev–Trinajstić information content (AvgIpc) is 2.28. The minimum absolute atomic E-state index is 0.0518. The molecule has 7 heteroatoms. The molecule has 2 N–H and O–H groups in total. The van der Waals surface area contributed by atoms with Gasteiger partial charge in [-0.25, -0.2) is 4.79 Å². The SMILES string of the molecule is CCOC(=O)c1cc(Cl)ccc1B(O)OO. The predicted octanol–water partition coefficient (Wildman–Crippen LogP) is 0.694. The van der Waals surface area contributed by atoms with Gasteiger partial charge in [-0.15, -0.1) is 0 Å². The topological polar surface area (TPSA) is 76.0 Å². The number of halogens is 1. The largest absolute Gasteiger partial charge is 0.523 e. The van der Waals surface area contributed by atoms with Gasteiger partial charge in [0.15, 0.2) is 0 Å². The molecule has 1 aromatic rings. The molecule has 0 unspecified atom stereocenters. The Morgan fingerprint density at radius 2 is 2.25 bits per heavy atom. The summed E-state index contributed by atoms with van der Waals surface area (Å²) in [5.41, 5.74) is 0.140. The molecule has 0 aliphatic carbocycles. The van der Waals surface area contributed by atoms with Crippen LogP contribution < -0.4 is 5.46 Å². The van der Waals surface area contributed by atoms with Gasteiger partial charge in [-0.05, 0) is 24.5 Å². The van der Waals surface area contributed by atoms with Crippen molar-refractivity contribution in [2.45, 2.75) is 6.92 Å². The van der Waals surface area contributed by atoms with E-state index in [1.165, 1.54) is 18.2 Å². The van der Waals surface area contributed by atoms with Gasteiger partial charge in [0.25, 0.3) is 0 Å². The number of rotatable bonds is 4. The summed E-state index contributed by atoms with van der Waals surface area (Å²) in [5.74, 6) is -0.642. The smallest absolute Gasteiger partial charge is 0.462 e. The van der Waals surface area contributed by atoms with Crippen molar-refractivity contribution >= 4 is 30.2 Å². The van der Waals surface area contributed by atoms with Crippen molar-refractivity contribution in [1.82, 2.24) is 0 Å². The molecular weight excluding hydrogens is 234 g/mol. The van der Waals surface area contributed by atoms with Gasteiger partial charge < -0.3 is 9.76 Å². The van der Waals surface area contributed by atoms with Crippen LogP contribution >= 0.6 is 11.6 Å². The predicted molar refractivity (Wildman–Crippen MR) is 58.7 cm³/mol. The van der Waals surface area contributed by atoms with Crippen molar-refractivity contribution in [3.05, 3.63) is 28.8 Å². The van der Waals surface area contributed by atoms with Crippen molar-refractivity contribution < 1.29 is 24.6 Å². The summed E-state index contributed by atoms with van der Waals surface area (Å²) in [6.07, 6.45) is 0. The van der Waals surface area contributed by atoms with Gasteiger partial charge in [0.2, 0.25) is 0 Å². The Kier molecular flexibility index (Phi) is 4.76. The maximum absolute atomic E-state index is 11.5. The molecule has 0 atom stereocenters. The first kappa shape index (κ1) is 13.0. The second-order valence-corrected chi connectivity index (χ2v) is 3.35. The van der Waals surface area contributed by atoms with E-state index in [0.717, 1.165) is 0 Å². The minimum Gasteiger partial charge on any atom is -0.462 e. The summed E-state index contributed by atoms with van der Waals surface area (Å²) in [4.78, 5) is 15.3. The van der Waals surface area contributed by atoms with Crippen LogP contribution in [0.5, 0.6) is 0 Å². The normalized spacial score (nSPS) is 10.0. The van der Waals surface area contributed by atoms with Crippen molar-refractivity contribution in [3.63, 3.8) is 0 Å². The van der Waals surface area contributed by atoms with Crippen LogP contribution in [0.2, 0.25) is 5.02 Å². The second kappa shape index (κ2) is 5.86. The number of benzene rings is 1. The first-order chi connectivity index (χ1) is 7.60. The Hall–Kier alpha value is -1.08.